The summed E-state index contributed by atoms with van der Waals surface area (Å²) in [4.78, 5) is 12.5. The summed E-state index contributed by atoms with van der Waals surface area (Å²) in [6.45, 7) is 0.545. The van der Waals surface area contributed by atoms with Gasteiger partial charge in [0.15, 0.2) is 5.76 Å². The van der Waals surface area contributed by atoms with Crippen LogP contribution in [0.5, 0.6) is 0 Å². The second-order valence-corrected chi connectivity index (χ2v) is 4.53. The van der Waals surface area contributed by atoms with E-state index in [1.807, 2.05) is 9.78 Å². The molecule has 0 saturated carbocycles. The lowest BCUT2D eigenvalue weighted by molar-refractivity contribution is 0.0926. The summed E-state index contributed by atoms with van der Waals surface area (Å²) in [5.41, 5.74) is 1.08. The number of aromatic nitrogens is 3. The molecule has 3 heterocycles. The molecule has 7 heteroatoms. The molecule has 0 radical (unpaired) electrons. The summed E-state index contributed by atoms with van der Waals surface area (Å²) >= 11 is 1.54. The highest BCUT2D eigenvalue weighted by molar-refractivity contribution is 7.15. The number of amides is 1. The summed E-state index contributed by atoms with van der Waals surface area (Å²) in [5, 5.41) is 12.6. The van der Waals surface area contributed by atoms with E-state index < -0.39 is 0 Å². The standard InChI is InChI=1S/C11H10N4O2S/c16-10(9-2-1-5-17-9)12-4-3-8-6-18-11-14-13-7-15(8)11/h1-2,5-7H,3-4H2,(H,12,16). The molecule has 0 atom stereocenters. The molecule has 0 bridgehead atoms. The molecule has 0 saturated heterocycles. The average molecular weight is 262 g/mol. The Balaban J connectivity index is 1.59. The molecule has 0 aliphatic heterocycles. The van der Waals surface area contributed by atoms with Crippen molar-refractivity contribution >= 4 is 22.2 Å². The van der Waals surface area contributed by atoms with Crippen LogP contribution in [0.1, 0.15) is 16.2 Å². The topological polar surface area (TPSA) is 72.4 Å². The van der Waals surface area contributed by atoms with E-state index in [9.17, 15) is 4.79 Å². The largest absolute Gasteiger partial charge is 0.459 e. The third kappa shape index (κ3) is 2.00. The lowest BCUT2D eigenvalue weighted by Crippen LogP contribution is -2.25. The van der Waals surface area contributed by atoms with Crippen LogP contribution in [-0.4, -0.2) is 27.0 Å². The number of hydrogen-bond donors (Lipinski definition) is 1. The quantitative estimate of drug-likeness (QED) is 0.770. The number of rotatable bonds is 4. The predicted molar refractivity (Wildman–Crippen MR) is 65.6 cm³/mol. The molecular formula is C11H10N4O2S. The first-order valence-corrected chi connectivity index (χ1v) is 6.30. The predicted octanol–water partition coefficient (Wildman–Crippen LogP) is 1.36. The van der Waals surface area contributed by atoms with Crippen LogP contribution < -0.4 is 5.32 Å². The molecule has 0 aromatic carbocycles. The molecular weight excluding hydrogens is 252 g/mol. The van der Waals surface area contributed by atoms with Crippen molar-refractivity contribution in [1.29, 1.82) is 0 Å². The van der Waals surface area contributed by atoms with Gasteiger partial charge in [0.25, 0.3) is 5.91 Å². The maximum Gasteiger partial charge on any atom is 0.286 e. The molecule has 92 valence electrons. The zero-order chi connectivity index (χ0) is 12.4. The highest BCUT2D eigenvalue weighted by Gasteiger charge is 2.08. The Morgan fingerprint density at radius 1 is 1.56 bits per heavy atom. The van der Waals surface area contributed by atoms with E-state index in [2.05, 4.69) is 15.5 Å². The van der Waals surface area contributed by atoms with Crippen molar-refractivity contribution in [3.63, 3.8) is 0 Å². The fourth-order valence-corrected chi connectivity index (χ4v) is 2.50. The molecule has 0 aliphatic rings. The van der Waals surface area contributed by atoms with Gasteiger partial charge >= 0.3 is 0 Å². The molecule has 0 aliphatic carbocycles. The van der Waals surface area contributed by atoms with Gasteiger partial charge < -0.3 is 9.73 Å². The molecule has 0 fully saturated rings. The minimum atomic E-state index is -0.199. The van der Waals surface area contributed by atoms with E-state index in [0.717, 1.165) is 17.1 Å². The summed E-state index contributed by atoms with van der Waals surface area (Å²) in [5.74, 6) is 0.130. The van der Waals surface area contributed by atoms with Crippen LogP contribution in [0, 0.1) is 0 Å². The molecule has 3 rings (SSSR count). The zero-order valence-electron chi connectivity index (χ0n) is 9.37. The number of fused-ring (bicyclic) bond motifs is 1. The third-order valence-corrected chi connectivity index (χ3v) is 3.42. The van der Waals surface area contributed by atoms with E-state index in [-0.39, 0.29) is 5.91 Å². The van der Waals surface area contributed by atoms with Gasteiger partial charge in [0, 0.05) is 24.0 Å². The Hall–Kier alpha value is -2.15. The minimum absolute atomic E-state index is 0.199. The number of nitrogens with zero attached hydrogens (tertiary/aromatic N) is 3. The molecule has 3 aromatic heterocycles. The molecule has 18 heavy (non-hydrogen) atoms. The number of thiazole rings is 1. The molecule has 1 amide bonds. The van der Waals surface area contributed by atoms with E-state index in [1.54, 1.807) is 18.5 Å². The maximum atomic E-state index is 11.6. The summed E-state index contributed by atoms with van der Waals surface area (Å²) in [6.07, 6.45) is 3.88. The SMILES string of the molecule is O=C(NCCc1csc2nncn12)c1ccco1. The summed E-state index contributed by atoms with van der Waals surface area (Å²) in [7, 11) is 0. The van der Waals surface area contributed by atoms with Crippen molar-refractivity contribution in [1.82, 2.24) is 19.9 Å². The maximum absolute atomic E-state index is 11.6. The number of carbonyl (C=O) groups is 1. The summed E-state index contributed by atoms with van der Waals surface area (Å²) < 4.78 is 6.93. The Morgan fingerprint density at radius 3 is 3.33 bits per heavy atom. The number of furan rings is 1. The Labute approximate surface area is 106 Å². The van der Waals surface area contributed by atoms with Gasteiger partial charge in [-0.05, 0) is 12.1 Å². The number of hydrogen-bond acceptors (Lipinski definition) is 5. The zero-order valence-corrected chi connectivity index (χ0v) is 10.2. The Morgan fingerprint density at radius 2 is 2.50 bits per heavy atom. The van der Waals surface area contributed by atoms with Crippen LogP contribution in [0.15, 0.2) is 34.5 Å². The van der Waals surface area contributed by atoms with E-state index >= 15 is 0 Å². The smallest absolute Gasteiger partial charge is 0.286 e. The first kappa shape index (κ1) is 11.0. The van der Waals surface area contributed by atoms with Gasteiger partial charge in [0.1, 0.15) is 6.33 Å². The third-order valence-electron chi connectivity index (χ3n) is 2.54. The van der Waals surface area contributed by atoms with E-state index in [1.165, 1.54) is 17.6 Å². The Kier molecular flexibility index (Phi) is 2.81. The molecule has 1 N–H and O–H groups in total. The molecule has 6 nitrogen and oxygen atoms in total. The van der Waals surface area contributed by atoms with E-state index in [0.29, 0.717) is 12.3 Å². The van der Waals surface area contributed by atoms with Gasteiger partial charge in [0.2, 0.25) is 4.96 Å². The lowest BCUT2D eigenvalue weighted by Gasteiger charge is -2.02. The van der Waals surface area contributed by atoms with Crippen molar-refractivity contribution in [3.05, 3.63) is 41.6 Å². The second-order valence-electron chi connectivity index (χ2n) is 3.69. The number of carbonyl (C=O) groups excluding carboxylic acids is 1. The van der Waals surface area contributed by atoms with Crippen molar-refractivity contribution in [3.8, 4) is 0 Å². The highest BCUT2D eigenvalue weighted by Crippen LogP contribution is 2.13. The van der Waals surface area contributed by atoms with Crippen LogP contribution in [0.2, 0.25) is 0 Å². The fourth-order valence-electron chi connectivity index (χ4n) is 1.66. The van der Waals surface area contributed by atoms with Crippen LogP contribution >= 0.6 is 11.3 Å². The van der Waals surface area contributed by atoms with Gasteiger partial charge in [-0.2, -0.15) is 0 Å². The summed E-state index contributed by atoms with van der Waals surface area (Å²) in [6, 6.07) is 3.33. The van der Waals surface area contributed by atoms with Crippen molar-refractivity contribution in [2.45, 2.75) is 6.42 Å². The second kappa shape index (κ2) is 4.61. The molecule has 0 unspecified atom stereocenters. The average Bonchev–Trinajstić information content (AvgIpc) is 3.07. The first-order valence-electron chi connectivity index (χ1n) is 5.42. The van der Waals surface area contributed by atoms with Crippen LogP contribution in [0.4, 0.5) is 0 Å². The van der Waals surface area contributed by atoms with Gasteiger partial charge in [0.05, 0.1) is 6.26 Å². The van der Waals surface area contributed by atoms with Crippen molar-refractivity contribution in [2.75, 3.05) is 6.54 Å². The van der Waals surface area contributed by atoms with Crippen LogP contribution in [-0.2, 0) is 6.42 Å². The van der Waals surface area contributed by atoms with Crippen molar-refractivity contribution < 1.29 is 9.21 Å². The van der Waals surface area contributed by atoms with E-state index in [4.69, 9.17) is 4.42 Å². The van der Waals surface area contributed by atoms with Gasteiger partial charge in [-0.1, -0.05) is 0 Å². The van der Waals surface area contributed by atoms with Gasteiger partial charge in [-0.25, -0.2) is 0 Å². The van der Waals surface area contributed by atoms with Crippen molar-refractivity contribution in [2.24, 2.45) is 0 Å². The first-order chi connectivity index (χ1) is 8.84. The lowest BCUT2D eigenvalue weighted by atomic mass is 10.3. The fraction of sp³-hybridized carbons (Fsp3) is 0.182. The highest BCUT2D eigenvalue weighted by atomic mass is 32.1. The minimum Gasteiger partial charge on any atom is -0.459 e. The monoisotopic (exact) mass is 262 g/mol. The van der Waals surface area contributed by atoms with Gasteiger partial charge in [-0.15, -0.1) is 21.5 Å². The number of nitrogens with one attached hydrogen (secondary N) is 1. The van der Waals surface area contributed by atoms with Crippen LogP contribution in [0.3, 0.4) is 0 Å². The van der Waals surface area contributed by atoms with Crippen LogP contribution in [0.25, 0.3) is 4.96 Å². The normalized spacial score (nSPS) is 10.9. The Bertz CT molecular complexity index is 656. The molecule has 3 aromatic rings. The molecule has 0 spiro atoms. The van der Waals surface area contributed by atoms with Gasteiger partial charge in [-0.3, -0.25) is 9.20 Å².